The van der Waals surface area contributed by atoms with E-state index in [0.29, 0.717) is 46.4 Å². The molecule has 3 rings (SSSR count). The fourth-order valence-corrected chi connectivity index (χ4v) is 2.63. The predicted octanol–water partition coefficient (Wildman–Crippen LogP) is 3.44. The molecule has 0 atom stereocenters. The third kappa shape index (κ3) is 4.22. The average molecular weight is 383 g/mol. The molecular formula is C18H15ClN6O2. The zero-order valence-electron chi connectivity index (χ0n) is 14.4. The molecule has 0 saturated carbocycles. The van der Waals surface area contributed by atoms with Crippen LogP contribution in [0.3, 0.4) is 0 Å². The van der Waals surface area contributed by atoms with Crippen LogP contribution in [-0.2, 0) is 11.3 Å². The number of esters is 1. The second-order valence-corrected chi connectivity index (χ2v) is 5.86. The van der Waals surface area contributed by atoms with Gasteiger partial charge in [0.2, 0.25) is 5.95 Å². The van der Waals surface area contributed by atoms with Crippen LogP contribution in [0.25, 0.3) is 11.3 Å². The van der Waals surface area contributed by atoms with Gasteiger partial charge in [0.25, 0.3) is 0 Å². The van der Waals surface area contributed by atoms with Gasteiger partial charge in [-0.15, -0.1) is 0 Å². The van der Waals surface area contributed by atoms with Crippen LogP contribution >= 0.6 is 11.6 Å². The van der Waals surface area contributed by atoms with E-state index in [4.69, 9.17) is 21.6 Å². The van der Waals surface area contributed by atoms with E-state index >= 15 is 0 Å². The lowest BCUT2D eigenvalue weighted by atomic mass is 10.0. The molecular weight excluding hydrogens is 368 g/mol. The Morgan fingerprint density at radius 3 is 2.96 bits per heavy atom. The fourth-order valence-electron chi connectivity index (χ4n) is 2.44. The van der Waals surface area contributed by atoms with Crippen LogP contribution in [0.2, 0.25) is 5.02 Å². The molecule has 1 N–H and O–H groups in total. The number of nitrogens with one attached hydrogen (secondary N) is 1. The van der Waals surface area contributed by atoms with Gasteiger partial charge in [0, 0.05) is 11.8 Å². The first-order valence-corrected chi connectivity index (χ1v) is 8.37. The number of hydrogen-bond donors (Lipinski definition) is 1. The summed E-state index contributed by atoms with van der Waals surface area (Å²) in [5.74, 6) is -0.178. The lowest BCUT2D eigenvalue weighted by Crippen LogP contribution is -2.05. The number of anilines is 2. The Morgan fingerprint density at radius 1 is 1.37 bits per heavy atom. The van der Waals surface area contributed by atoms with Crippen molar-refractivity contribution in [1.82, 2.24) is 19.7 Å². The van der Waals surface area contributed by atoms with E-state index in [1.807, 2.05) is 0 Å². The van der Waals surface area contributed by atoms with Crippen LogP contribution in [0.4, 0.5) is 11.6 Å². The molecule has 0 aliphatic rings. The van der Waals surface area contributed by atoms with Gasteiger partial charge in [-0.1, -0.05) is 29.8 Å². The summed E-state index contributed by atoms with van der Waals surface area (Å²) < 4.78 is 6.47. The number of rotatable bonds is 6. The Bertz CT molecular complexity index is 1010. The number of nitriles is 1. The first-order chi connectivity index (χ1) is 13.1. The minimum atomic E-state index is -0.478. The monoisotopic (exact) mass is 382 g/mol. The molecule has 1 aromatic carbocycles. The number of carbonyl (C=O) groups excluding carboxylic acids is 1. The Labute approximate surface area is 160 Å². The third-order valence-corrected chi connectivity index (χ3v) is 3.95. The van der Waals surface area contributed by atoms with Gasteiger partial charge < -0.3 is 10.1 Å². The van der Waals surface area contributed by atoms with Crippen LogP contribution < -0.4 is 5.32 Å². The molecule has 2 aromatic heterocycles. The maximum atomic E-state index is 12.0. The van der Waals surface area contributed by atoms with E-state index < -0.39 is 5.97 Å². The van der Waals surface area contributed by atoms with Gasteiger partial charge >= 0.3 is 5.97 Å². The highest BCUT2D eigenvalue weighted by molar-refractivity contribution is 6.33. The molecule has 8 nitrogen and oxygen atoms in total. The van der Waals surface area contributed by atoms with E-state index in [9.17, 15) is 4.79 Å². The quantitative estimate of drug-likeness (QED) is 0.651. The molecule has 0 unspecified atom stereocenters. The number of hydrogen-bond acceptors (Lipinski definition) is 7. The molecule has 2 heterocycles. The molecule has 0 saturated heterocycles. The summed E-state index contributed by atoms with van der Waals surface area (Å²) in [4.78, 5) is 20.6. The summed E-state index contributed by atoms with van der Waals surface area (Å²) in [5, 5.41) is 16.1. The maximum absolute atomic E-state index is 12.0. The number of aromatic nitrogens is 4. The van der Waals surface area contributed by atoms with E-state index in [0.717, 1.165) is 0 Å². The van der Waals surface area contributed by atoms with Crippen molar-refractivity contribution in [3.63, 3.8) is 0 Å². The Kier molecular flexibility index (Phi) is 5.64. The van der Waals surface area contributed by atoms with E-state index in [1.54, 1.807) is 41.3 Å². The number of benzene rings is 1. The SMILES string of the molecule is COC(=O)c1ccccc1-c1nc(Nc2cnn(CCC#N)c2)ncc1Cl. The van der Waals surface area contributed by atoms with Crippen molar-refractivity contribution in [3.05, 3.63) is 53.4 Å². The molecule has 0 fully saturated rings. The predicted molar refractivity (Wildman–Crippen MR) is 99.6 cm³/mol. The third-order valence-electron chi connectivity index (χ3n) is 3.67. The number of aryl methyl sites for hydroxylation is 1. The molecule has 0 amide bonds. The fraction of sp³-hybridized carbons (Fsp3) is 0.167. The van der Waals surface area contributed by atoms with Gasteiger partial charge in [0.1, 0.15) is 0 Å². The highest BCUT2D eigenvalue weighted by atomic mass is 35.5. The standard InChI is InChI=1S/C18H15ClN6O2/c1-27-17(26)14-6-3-2-5-13(14)16-15(19)10-21-18(24-16)23-12-9-22-25(11-12)8-4-7-20/h2-3,5-6,9-11H,4,8H2,1H3,(H,21,23,24). The van der Waals surface area contributed by atoms with Gasteiger partial charge in [0.05, 0.1) is 60.5 Å². The number of ether oxygens (including phenoxy) is 1. The second-order valence-electron chi connectivity index (χ2n) is 5.45. The van der Waals surface area contributed by atoms with E-state index in [1.165, 1.54) is 13.3 Å². The highest BCUT2D eigenvalue weighted by Crippen LogP contribution is 2.30. The van der Waals surface area contributed by atoms with Crippen molar-refractivity contribution in [1.29, 1.82) is 5.26 Å². The summed E-state index contributed by atoms with van der Waals surface area (Å²) in [6.45, 7) is 0.497. The van der Waals surface area contributed by atoms with Gasteiger partial charge in [0.15, 0.2) is 0 Å². The second kappa shape index (κ2) is 8.29. The average Bonchev–Trinajstić information content (AvgIpc) is 3.14. The summed E-state index contributed by atoms with van der Waals surface area (Å²) in [7, 11) is 1.32. The topological polar surface area (TPSA) is 106 Å². The van der Waals surface area contributed by atoms with E-state index in [2.05, 4.69) is 26.5 Å². The van der Waals surface area contributed by atoms with Crippen LogP contribution in [0.1, 0.15) is 16.8 Å². The molecule has 0 aliphatic carbocycles. The minimum absolute atomic E-state index is 0.300. The zero-order valence-corrected chi connectivity index (χ0v) is 15.1. The molecule has 0 aliphatic heterocycles. The van der Waals surface area contributed by atoms with Crippen molar-refractivity contribution in [2.45, 2.75) is 13.0 Å². The molecule has 9 heteroatoms. The van der Waals surface area contributed by atoms with Gasteiger partial charge in [-0.3, -0.25) is 4.68 Å². The van der Waals surface area contributed by atoms with Crippen molar-refractivity contribution in [3.8, 4) is 17.3 Å². The number of carbonyl (C=O) groups is 1. The summed E-state index contributed by atoms with van der Waals surface area (Å²) in [6, 6.07) is 8.97. The Hall–Kier alpha value is -3.44. The summed E-state index contributed by atoms with van der Waals surface area (Å²) in [6.07, 6.45) is 5.18. The van der Waals surface area contributed by atoms with Gasteiger partial charge in [-0.25, -0.2) is 14.8 Å². The highest BCUT2D eigenvalue weighted by Gasteiger charge is 2.17. The lowest BCUT2D eigenvalue weighted by Gasteiger charge is -2.10. The number of halogens is 1. The first kappa shape index (κ1) is 18.4. The van der Waals surface area contributed by atoms with E-state index in [-0.39, 0.29) is 0 Å². The Morgan fingerprint density at radius 2 is 2.19 bits per heavy atom. The van der Waals surface area contributed by atoms with Crippen molar-refractivity contribution < 1.29 is 9.53 Å². The van der Waals surface area contributed by atoms with Crippen LogP contribution in [0.5, 0.6) is 0 Å². The molecule has 3 aromatic rings. The van der Waals surface area contributed by atoms with Crippen molar-refractivity contribution in [2.24, 2.45) is 0 Å². The van der Waals surface area contributed by atoms with Crippen LogP contribution in [0, 0.1) is 11.3 Å². The Balaban J connectivity index is 1.91. The van der Waals surface area contributed by atoms with Crippen molar-refractivity contribution >= 4 is 29.2 Å². The smallest absolute Gasteiger partial charge is 0.338 e. The van der Waals surface area contributed by atoms with Gasteiger partial charge in [-0.05, 0) is 6.07 Å². The summed E-state index contributed by atoms with van der Waals surface area (Å²) in [5.41, 5.74) is 1.98. The molecule has 0 spiro atoms. The maximum Gasteiger partial charge on any atom is 0.338 e. The first-order valence-electron chi connectivity index (χ1n) is 7.99. The molecule has 0 bridgehead atoms. The molecule has 27 heavy (non-hydrogen) atoms. The van der Waals surface area contributed by atoms with Gasteiger partial charge in [-0.2, -0.15) is 10.4 Å². The van der Waals surface area contributed by atoms with Crippen LogP contribution in [-0.4, -0.2) is 32.8 Å². The number of methoxy groups -OCH3 is 1. The summed E-state index contributed by atoms with van der Waals surface area (Å²) >= 11 is 6.26. The number of nitrogens with zero attached hydrogens (tertiary/aromatic N) is 5. The molecule has 136 valence electrons. The zero-order chi connectivity index (χ0) is 19.2. The van der Waals surface area contributed by atoms with Crippen molar-refractivity contribution in [2.75, 3.05) is 12.4 Å². The minimum Gasteiger partial charge on any atom is -0.465 e. The largest absolute Gasteiger partial charge is 0.465 e. The van der Waals surface area contributed by atoms with Crippen LogP contribution in [0.15, 0.2) is 42.9 Å². The normalized spacial score (nSPS) is 10.3. The molecule has 0 radical (unpaired) electrons. The lowest BCUT2D eigenvalue weighted by molar-refractivity contribution is 0.0601.